The number of hydrogen-bond acceptors (Lipinski definition) is 7. The third-order valence-electron chi connectivity index (χ3n) is 4.79. The van der Waals surface area contributed by atoms with Crippen LogP contribution in [0.1, 0.15) is 33.3 Å². The monoisotopic (exact) mass is 412 g/mol. The number of anilines is 2. The second-order valence-electron chi connectivity index (χ2n) is 6.81. The first-order valence-corrected chi connectivity index (χ1v) is 10.1. The second kappa shape index (κ2) is 8.57. The average molecular weight is 413 g/mol. The molecule has 0 spiro atoms. The van der Waals surface area contributed by atoms with Crippen molar-refractivity contribution in [2.24, 2.45) is 0 Å². The normalized spacial score (nSPS) is 10.8. The lowest BCUT2D eigenvalue weighted by molar-refractivity contribution is -0.114. The number of amides is 1. The van der Waals surface area contributed by atoms with Gasteiger partial charge in [-0.2, -0.15) is 0 Å². The molecule has 3 rings (SSSR count). The summed E-state index contributed by atoms with van der Waals surface area (Å²) in [7, 11) is 1.80. The molecule has 0 fully saturated rings. The molecule has 0 atom stereocenters. The van der Waals surface area contributed by atoms with E-state index in [-0.39, 0.29) is 18.4 Å². The van der Waals surface area contributed by atoms with Crippen molar-refractivity contribution in [3.63, 3.8) is 0 Å². The lowest BCUT2D eigenvalue weighted by Gasteiger charge is -2.19. The van der Waals surface area contributed by atoms with Gasteiger partial charge in [-0.05, 0) is 50.5 Å². The van der Waals surface area contributed by atoms with E-state index in [0.717, 1.165) is 27.8 Å². The molecule has 7 nitrogen and oxygen atoms in total. The van der Waals surface area contributed by atoms with Gasteiger partial charge in [-0.25, -0.2) is 14.8 Å². The average Bonchev–Trinajstić information content (AvgIpc) is 3.02. The Labute approximate surface area is 173 Å². The Hall–Kier alpha value is -3.00. The van der Waals surface area contributed by atoms with Crippen LogP contribution in [0.15, 0.2) is 24.5 Å². The number of nitrogens with one attached hydrogen (secondary N) is 1. The zero-order valence-corrected chi connectivity index (χ0v) is 18.0. The third kappa shape index (κ3) is 4.22. The van der Waals surface area contributed by atoms with Crippen molar-refractivity contribution >= 4 is 44.9 Å². The number of carbonyl (C=O) groups excluding carboxylic acids is 2. The maximum atomic E-state index is 12.6. The molecule has 3 aromatic rings. The molecule has 0 saturated carbocycles. The quantitative estimate of drug-likeness (QED) is 0.619. The number of aromatic nitrogens is 2. The highest BCUT2D eigenvalue weighted by Gasteiger charge is 2.22. The molecule has 2 aromatic heterocycles. The van der Waals surface area contributed by atoms with Crippen LogP contribution in [0.2, 0.25) is 0 Å². The number of rotatable bonds is 6. The van der Waals surface area contributed by atoms with Crippen LogP contribution in [0.4, 0.5) is 11.5 Å². The van der Waals surface area contributed by atoms with Crippen molar-refractivity contribution < 1.29 is 14.3 Å². The molecule has 1 aromatic carbocycles. The number of ether oxygens (including phenoxy) is 1. The van der Waals surface area contributed by atoms with E-state index in [0.29, 0.717) is 22.1 Å². The van der Waals surface area contributed by atoms with Crippen molar-refractivity contribution in [3.8, 4) is 0 Å². The summed E-state index contributed by atoms with van der Waals surface area (Å²) in [6.45, 7) is 8.03. The van der Waals surface area contributed by atoms with Crippen molar-refractivity contribution in [3.05, 3.63) is 46.1 Å². The zero-order valence-electron chi connectivity index (χ0n) is 17.2. The Balaban J connectivity index is 1.85. The fraction of sp³-hybridized carbons (Fsp3) is 0.333. The first-order valence-electron chi connectivity index (χ1n) is 9.31. The molecule has 0 unspecified atom stereocenters. The van der Waals surface area contributed by atoms with Gasteiger partial charge >= 0.3 is 5.97 Å². The maximum absolute atomic E-state index is 12.6. The fourth-order valence-corrected chi connectivity index (χ4v) is 4.14. The smallest absolute Gasteiger partial charge is 0.348 e. The highest BCUT2D eigenvalue weighted by atomic mass is 32.1. The van der Waals surface area contributed by atoms with Gasteiger partial charge in [0.2, 0.25) is 5.91 Å². The van der Waals surface area contributed by atoms with Crippen LogP contribution in [0.25, 0.3) is 10.2 Å². The second-order valence-corrected chi connectivity index (χ2v) is 7.80. The van der Waals surface area contributed by atoms with Crippen molar-refractivity contribution in [1.29, 1.82) is 0 Å². The van der Waals surface area contributed by atoms with Gasteiger partial charge in [0.1, 0.15) is 21.9 Å². The summed E-state index contributed by atoms with van der Waals surface area (Å²) in [6.07, 6.45) is 1.45. The Bertz CT molecular complexity index is 1080. The highest BCUT2D eigenvalue weighted by molar-refractivity contribution is 7.20. The van der Waals surface area contributed by atoms with E-state index in [2.05, 4.69) is 15.3 Å². The van der Waals surface area contributed by atoms with E-state index >= 15 is 0 Å². The number of carbonyl (C=O) groups is 2. The van der Waals surface area contributed by atoms with Gasteiger partial charge < -0.3 is 15.0 Å². The van der Waals surface area contributed by atoms with Crippen molar-refractivity contribution in [1.82, 2.24) is 9.97 Å². The summed E-state index contributed by atoms with van der Waals surface area (Å²) in [5, 5.41) is 3.73. The molecule has 0 saturated heterocycles. The Morgan fingerprint density at radius 3 is 2.66 bits per heavy atom. The van der Waals surface area contributed by atoms with Gasteiger partial charge in [0.15, 0.2) is 0 Å². The van der Waals surface area contributed by atoms with E-state index < -0.39 is 0 Å². The van der Waals surface area contributed by atoms with E-state index in [1.165, 1.54) is 17.7 Å². The SMILES string of the molecule is CCOC(=O)c1sc2ncnc(N(C)CC(=O)Nc3cccc(C)c3C)c2c1C. The predicted molar refractivity (Wildman–Crippen MR) is 116 cm³/mol. The molecule has 0 bridgehead atoms. The summed E-state index contributed by atoms with van der Waals surface area (Å²) in [6, 6.07) is 5.81. The predicted octanol–water partition coefficient (Wildman–Crippen LogP) is 3.87. The molecule has 1 N–H and O–H groups in total. The molecule has 0 aliphatic heterocycles. The molecule has 1 amide bonds. The molecule has 152 valence electrons. The van der Waals surface area contributed by atoms with Gasteiger partial charge in [-0.1, -0.05) is 12.1 Å². The van der Waals surface area contributed by atoms with Gasteiger partial charge in [0.25, 0.3) is 0 Å². The number of fused-ring (bicyclic) bond motifs is 1. The van der Waals surface area contributed by atoms with Crippen LogP contribution in [0, 0.1) is 20.8 Å². The summed E-state index contributed by atoms with van der Waals surface area (Å²) in [4.78, 5) is 36.5. The lowest BCUT2D eigenvalue weighted by Crippen LogP contribution is -2.31. The minimum absolute atomic E-state index is 0.115. The summed E-state index contributed by atoms with van der Waals surface area (Å²) >= 11 is 1.28. The minimum Gasteiger partial charge on any atom is -0.462 e. The molecule has 2 heterocycles. The molecule has 8 heteroatoms. The molecule has 0 radical (unpaired) electrons. The number of aryl methyl sites for hydroxylation is 2. The van der Waals surface area contributed by atoms with Gasteiger partial charge in [-0.15, -0.1) is 11.3 Å². The summed E-state index contributed by atoms with van der Waals surface area (Å²) in [5.41, 5.74) is 3.73. The maximum Gasteiger partial charge on any atom is 0.348 e. The molecule has 0 aliphatic carbocycles. The van der Waals surface area contributed by atoms with Crippen LogP contribution in [0.5, 0.6) is 0 Å². The van der Waals surface area contributed by atoms with Crippen molar-refractivity contribution in [2.45, 2.75) is 27.7 Å². The molecular weight excluding hydrogens is 388 g/mol. The zero-order chi connectivity index (χ0) is 21.1. The van der Waals surface area contributed by atoms with Crippen LogP contribution in [-0.2, 0) is 9.53 Å². The van der Waals surface area contributed by atoms with Crippen molar-refractivity contribution in [2.75, 3.05) is 30.4 Å². The van der Waals surface area contributed by atoms with Gasteiger partial charge in [0.05, 0.1) is 18.5 Å². The standard InChI is InChI=1S/C21H24N4O3S/c1-6-28-21(27)18-14(4)17-19(22-11-23-20(17)29-18)25(5)10-16(26)24-15-9-7-8-12(2)13(15)3/h7-9,11H,6,10H2,1-5H3,(H,24,26). The molecule has 0 aliphatic rings. The number of likely N-dealkylation sites (N-methyl/N-ethyl adjacent to an activating group) is 1. The number of thiophene rings is 1. The third-order valence-corrected chi connectivity index (χ3v) is 5.97. The highest BCUT2D eigenvalue weighted by Crippen LogP contribution is 2.34. The number of benzene rings is 1. The Morgan fingerprint density at radius 1 is 1.17 bits per heavy atom. The topological polar surface area (TPSA) is 84.4 Å². The number of nitrogens with zero attached hydrogens (tertiary/aromatic N) is 3. The largest absolute Gasteiger partial charge is 0.462 e. The summed E-state index contributed by atoms with van der Waals surface area (Å²) < 4.78 is 5.14. The van der Waals surface area contributed by atoms with Crippen LogP contribution < -0.4 is 10.2 Å². The summed E-state index contributed by atoms with van der Waals surface area (Å²) in [5.74, 6) is 0.0937. The number of esters is 1. The van der Waals surface area contributed by atoms with E-state index in [9.17, 15) is 9.59 Å². The van der Waals surface area contributed by atoms with Gasteiger partial charge in [-0.3, -0.25) is 4.79 Å². The van der Waals surface area contributed by atoms with Crippen LogP contribution >= 0.6 is 11.3 Å². The number of hydrogen-bond donors (Lipinski definition) is 1. The minimum atomic E-state index is -0.366. The van der Waals surface area contributed by atoms with Crippen LogP contribution in [-0.4, -0.2) is 42.0 Å². The first-order chi connectivity index (χ1) is 13.8. The lowest BCUT2D eigenvalue weighted by atomic mass is 10.1. The Morgan fingerprint density at radius 2 is 1.93 bits per heavy atom. The van der Waals surface area contributed by atoms with E-state index in [1.807, 2.05) is 39.0 Å². The van der Waals surface area contributed by atoms with Gasteiger partial charge in [0, 0.05) is 12.7 Å². The fourth-order valence-electron chi connectivity index (χ4n) is 3.10. The van der Waals surface area contributed by atoms with E-state index in [4.69, 9.17) is 4.74 Å². The Kier molecular flexibility index (Phi) is 6.12. The molecule has 29 heavy (non-hydrogen) atoms. The van der Waals surface area contributed by atoms with Crippen LogP contribution in [0.3, 0.4) is 0 Å². The van der Waals surface area contributed by atoms with E-state index in [1.54, 1.807) is 18.9 Å². The first kappa shape index (κ1) is 20.7. The molecular formula is C21H24N4O3S.